The summed E-state index contributed by atoms with van der Waals surface area (Å²) in [5, 5.41) is 2.14. The molecule has 0 aliphatic heterocycles. The van der Waals surface area contributed by atoms with Crippen molar-refractivity contribution in [1.29, 1.82) is 0 Å². The summed E-state index contributed by atoms with van der Waals surface area (Å²) in [6.07, 6.45) is 0. The minimum absolute atomic E-state index is 0.307. The first-order valence-corrected chi connectivity index (χ1v) is 4.29. The van der Waals surface area contributed by atoms with Gasteiger partial charge in [0.15, 0.2) is 0 Å². The van der Waals surface area contributed by atoms with Crippen molar-refractivity contribution in [2.24, 2.45) is 0 Å². The molecule has 0 atom stereocenters. The number of fused-ring (bicyclic) bond motifs is 1. The smallest absolute Gasteiger partial charge is 0.134 e. The summed E-state index contributed by atoms with van der Waals surface area (Å²) < 4.78 is 13.9. The summed E-state index contributed by atoms with van der Waals surface area (Å²) in [7, 11) is 0. The lowest BCUT2D eigenvalue weighted by atomic mass is 10.2. The van der Waals surface area contributed by atoms with Crippen LogP contribution in [0.1, 0.15) is 0 Å². The molecule has 2 aromatic rings. The largest absolute Gasteiger partial charge is 0.398 e. The van der Waals surface area contributed by atoms with Gasteiger partial charge in [-0.2, -0.15) is 0 Å². The van der Waals surface area contributed by atoms with Crippen molar-refractivity contribution in [3.05, 3.63) is 23.3 Å². The highest BCUT2D eigenvalue weighted by atomic mass is 32.1. The molecule has 0 aliphatic carbocycles. The number of benzene rings is 1. The summed E-state index contributed by atoms with van der Waals surface area (Å²) in [4.78, 5) is 0. The lowest BCUT2D eigenvalue weighted by Crippen LogP contribution is -1.88. The van der Waals surface area contributed by atoms with Crippen LogP contribution in [0.4, 0.5) is 15.8 Å². The molecule has 0 radical (unpaired) electrons. The van der Waals surface area contributed by atoms with E-state index in [1.165, 1.54) is 17.4 Å². The Kier molecular flexibility index (Phi) is 1.44. The van der Waals surface area contributed by atoms with Crippen molar-refractivity contribution in [2.75, 3.05) is 11.5 Å². The first kappa shape index (κ1) is 7.36. The molecule has 2 nitrogen and oxygen atoms in total. The fraction of sp³-hybridized carbons (Fsp3) is 0. The van der Waals surface area contributed by atoms with Gasteiger partial charge in [-0.15, -0.1) is 11.3 Å². The first-order valence-electron chi connectivity index (χ1n) is 3.41. The molecule has 0 saturated carbocycles. The van der Waals surface area contributed by atoms with Crippen molar-refractivity contribution >= 4 is 32.8 Å². The second-order valence-electron chi connectivity index (χ2n) is 2.53. The van der Waals surface area contributed by atoms with Crippen molar-refractivity contribution < 1.29 is 4.39 Å². The zero-order valence-electron chi connectivity index (χ0n) is 6.17. The molecule has 0 aliphatic rings. The second-order valence-corrected chi connectivity index (χ2v) is 3.41. The predicted octanol–water partition coefficient (Wildman–Crippen LogP) is 2.20. The molecule has 0 bridgehead atoms. The molecule has 1 aromatic carbocycles. The third kappa shape index (κ3) is 0.848. The summed E-state index contributed by atoms with van der Waals surface area (Å²) in [6.45, 7) is 0. The third-order valence-corrected chi connectivity index (χ3v) is 2.78. The van der Waals surface area contributed by atoms with Gasteiger partial charge in [-0.1, -0.05) is 0 Å². The number of anilines is 2. The molecule has 0 spiro atoms. The van der Waals surface area contributed by atoms with E-state index in [4.69, 9.17) is 11.5 Å². The quantitative estimate of drug-likeness (QED) is 0.614. The molecule has 0 amide bonds. The Labute approximate surface area is 72.6 Å². The summed E-state index contributed by atoms with van der Waals surface area (Å²) in [6, 6.07) is 2.88. The molecule has 1 heterocycles. The Balaban J connectivity index is 2.98. The number of thiophene rings is 1. The predicted molar refractivity (Wildman–Crippen MR) is 50.6 cm³/mol. The SMILES string of the molecule is Nc1ccc(F)c2c(N)csc12. The highest BCUT2D eigenvalue weighted by Gasteiger charge is 2.08. The van der Waals surface area contributed by atoms with Crippen molar-refractivity contribution in [1.82, 2.24) is 0 Å². The molecule has 0 fully saturated rings. The highest BCUT2D eigenvalue weighted by molar-refractivity contribution is 7.18. The van der Waals surface area contributed by atoms with E-state index in [1.807, 2.05) is 0 Å². The minimum atomic E-state index is -0.307. The standard InChI is InChI=1S/C8H7FN2S/c9-4-1-2-5(10)8-7(4)6(11)3-12-8/h1-3H,10-11H2. The van der Waals surface area contributed by atoms with Crippen LogP contribution in [-0.2, 0) is 0 Å². The molecule has 1 aromatic heterocycles. The Hall–Kier alpha value is -1.29. The van der Waals surface area contributed by atoms with Gasteiger partial charge in [0.2, 0.25) is 0 Å². The van der Waals surface area contributed by atoms with Crippen LogP contribution in [-0.4, -0.2) is 0 Å². The van der Waals surface area contributed by atoms with Crippen LogP contribution in [0.3, 0.4) is 0 Å². The first-order chi connectivity index (χ1) is 5.70. The van der Waals surface area contributed by atoms with E-state index in [9.17, 15) is 4.39 Å². The normalized spacial score (nSPS) is 10.8. The van der Waals surface area contributed by atoms with Gasteiger partial charge in [0, 0.05) is 11.1 Å². The van der Waals surface area contributed by atoms with Crippen molar-refractivity contribution in [3.8, 4) is 0 Å². The van der Waals surface area contributed by atoms with E-state index in [2.05, 4.69) is 0 Å². The van der Waals surface area contributed by atoms with Gasteiger partial charge in [-0.05, 0) is 12.1 Å². The maximum absolute atomic E-state index is 13.1. The van der Waals surface area contributed by atoms with Crippen LogP contribution in [0.5, 0.6) is 0 Å². The monoisotopic (exact) mass is 182 g/mol. The Morgan fingerprint density at radius 3 is 2.58 bits per heavy atom. The molecule has 62 valence electrons. The average molecular weight is 182 g/mol. The van der Waals surface area contributed by atoms with Gasteiger partial charge in [-0.3, -0.25) is 0 Å². The van der Waals surface area contributed by atoms with Crippen LogP contribution in [0.2, 0.25) is 0 Å². The van der Waals surface area contributed by atoms with Gasteiger partial charge in [-0.25, -0.2) is 4.39 Å². The van der Waals surface area contributed by atoms with Gasteiger partial charge < -0.3 is 11.5 Å². The molecule has 2 rings (SSSR count). The molecule has 4 heteroatoms. The van der Waals surface area contributed by atoms with Gasteiger partial charge in [0.1, 0.15) is 5.82 Å². The van der Waals surface area contributed by atoms with Crippen LogP contribution in [0.25, 0.3) is 10.1 Å². The zero-order chi connectivity index (χ0) is 8.72. The lowest BCUT2D eigenvalue weighted by molar-refractivity contribution is 0.640. The van der Waals surface area contributed by atoms with Crippen molar-refractivity contribution in [3.63, 3.8) is 0 Å². The lowest BCUT2D eigenvalue weighted by Gasteiger charge is -1.97. The average Bonchev–Trinajstić information content (AvgIpc) is 2.42. The Bertz CT molecular complexity index is 436. The van der Waals surface area contributed by atoms with Crippen LogP contribution in [0, 0.1) is 5.82 Å². The van der Waals surface area contributed by atoms with Gasteiger partial charge >= 0.3 is 0 Å². The number of rotatable bonds is 0. The second kappa shape index (κ2) is 2.35. The van der Waals surface area contributed by atoms with Gasteiger partial charge in [0.25, 0.3) is 0 Å². The number of nitrogens with two attached hydrogens (primary N) is 2. The summed E-state index contributed by atoms with van der Waals surface area (Å²) in [5.74, 6) is -0.307. The summed E-state index contributed by atoms with van der Waals surface area (Å²) >= 11 is 1.36. The number of nitrogen functional groups attached to an aromatic ring is 2. The van der Waals surface area contributed by atoms with E-state index in [-0.39, 0.29) is 5.82 Å². The molecule has 0 unspecified atom stereocenters. The third-order valence-electron chi connectivity index (χ3n) is 1.73. The van der Waals surface area contributed by atoms with Crippen molar-refractivity contribution in [2.45, 2.75) is 0 Å². The Morgan fingerprint density at radius 2 is 1.92 bits per heavy atom. The molecule has 0 saturated heterocycles. The highest BCUT2D eigenvalue weighted by Crippen LogP contribution is 2.34. The number of halogens is 1. The van der Waals surface area contributed by atoms with Gasteiger partial charge in [0.05, 0.1) is 15.8 Å². The Morgan fingerprint density at radius 1 is 1.17 bits per heavy atom. The molecular weight excluding hydrogens is 175 g/mol. The van der Waals surface area contributed by atoms with E-state index in [1.54, 1.807) is 11.4 Å². The minimum Gasteiger partial charge on any atom is -0.398 e. The fourth-order valence-corrected chi connectivity index (χ4v) is 2.05. The van der Waals surface area contributed by atoms with Crippen LogP contribution in [0.15, 0.2) is 17.5 Å². The van der Waals surface area contributed by atoms with Crippen LogP contribution < -0.4 is 11.5 Å². The zero-order valence-corrected chi connectivity index (χ0v) is 6.99. The topological polar surface area (TPSA) is 52.0 Å². The van der Waals surface area contributed by atoms with Crippen LogP contribution >= 0.6 is 11.3 Å². The number of hydrogen-bond acceptors (Lipinski definition) is 3. The maximum atomic E-state index is 13.1. The molecular formula is C8H7FN2S. The number of hydrogen-bond donors (Lipinski definition) is 2. The maximum Gasteiger partial charge on any atom is 0.134 e. The molecule has 4 N–H and O–H groups in total. The molecule has 12 heavy (non-hydrogen) atoms. The fourth-order valence-electron chi connectivity index (χ4n) is 1.15. The van der Waals surface area contributed by atoms with E-state index < -0.39 is 0 Å². The van der Waals surface area contributed by atoms with E-state index in [0.717, 1.165) is 4.70 Å². The summed E-state index contributed by atoms with van der Waals surface area (Å²) in [5.41, 5.74) is 12.2. The van der Waals surface area contributed by atoms with E-state index >= 15 is 0 Å². The van der Waals surface area contributed by atoms with E-state index in [0.29, 0.717) is 16.8 Å².